The minimum absolute atomic E-state index is 0.288. The van der Waals surface area contributed by atoms with E-state index in [2.05, 4.69) is 12.2 Å². The van der Waals surface area contributed by atoms with Gasteiger partial charge in [-0.15, -0.1) is 0 Å². The zero-order valence-electron chi connectivity index (χ0n) is 11.2. The second-order valence-corrected chi connectivity index (χ2v) is 7.64. The highest BCUT2D eigenvalue weighted by Crippen LogP contribution is 2.26. The van der Waals surface area contributed by atoms with Gasteiger partial charge < -0.3 is 5.32 Å². The fourth-order valence-electron chi connectivity index (χ4n) is 2.69. The summed E-state index contributed by atoms with van der Waals surface area (Å²) in [5.74, 6) is 1.27. The van der Waals surface area contributed by atoms with Crippen LogP contribution in [0.15, 0.2) is 0 Å². The maximum absolute atomic E-state index is 11.5. The van der Waals surface area contributed by atoms with Crippen LogP contribution in [0.2, 0.25) is 0 Å². The molecule has 1 aliphatic carbocycles. The third-order valence-electron chi connectivity index (χ3n) is 3.80. The molecule has 0 amide bonds. The third-order valence-corrected chi connectivity index (χ3v) is 5.54. The predicted octanol–water partition coefficient (Wildman–Crippen LogP) is 2.37. The second kappa shape index (κ2) is 7.37. The van der Waals surface area contributed by atoms with Crippen molar-refractivity contribution in [1.29, 1.82) is 0 Å². The molecule has 4 heteroatoms. The fourth-order valence-corrected chi connectivity index (χ4v) is 3.67. The molecule has 1 rings (SSSR count). The lowest BCUT2D eigenvalue weighted by Crippen LogP contribution is -2.30. The van der Waals surface area contributed by atoms with Crippen LogP contribution in [-0.4, -0.2) is 32.5 Å². The van der Waals surface area contributed by atoms with E-state index in [0.717, 1.165) is 19.4 Å². The van der Waals surface area contributed by atoms with Crippen LogP contribution in [0.3, 0.4) is 0 Å². The molecular formula is C13H27NO2S. The van der Waals surface area contributed by atoms with Gasteiger partial charge in [-0.05, 0) is 31.7 Å². The first-order chi connectivity index (χ1) is 8.07. The molecule has 0 aromatic heterocycles. The van der Waals surface area contributed by atoms with Gasteiger partial charge in [-0.2, -0.15) is 0 Å². The van der Waals surface area contributed by atoms with Gasteiger partial charge >= 0.3 is 0 Å². The maximum Gasteiger partial charge on any atom is 0.150 e. The standard InChI is InChI=1S/C13H27NO2S/c1-3-14-13-8-6-5-7-12(11-13)9-10-17(15,16)4-2/h12-14H,3-11H2,1-2H3. The van der Waals surface area contributed by atoms with Crippen LogP contribution in [-0.2, 0) is 9.84 Å². The summed E-state index contributed by atoms with van der Waals surface area (Å²) in [4.78, 5) is 0. The molecule has 0 saturated heterocycles. The summed E-state index contributed by atoms with van der Waals surface area (Å²) in [7, 11) is -2.78. The van der Waals surface area contributed by atoms with Crippen LogP contribution in [0.25, 0.3) is 0 Å². The van der Waals surface area contributed by atoms with Gasteiger partial charge in [0, 0.05) is 11.8 Å². The van der Waals surface area contributed by atoms with Crippen molar-refractivity contribution in [2.45, 2.75) is 58.4 Å². The molecule has 102 valence electrons. The zero-order chi connectivity index (χ0) is 12.7. The SMILES string of the molecule is CCNC1CCCCC(CCS(=O)(=O)CC)C1. The average Bonchev–Trinajstić information content (AvgIpc) is 2.53. The van der Waals surface area contributed by atoms with Crippen molar-refractivity contribution < 1.29 is 8.42 Å². The van der Waals surface area contributed by atoms with Gasteiger partial charge in [0.15, 0.2) is 0 Å². The summed E-state index contributed by atoms with van der Waals surface area (Å²) in [6.07, 6.45) is 7.03. The van der Waals surface area contributed by atoms with Gasteiger partial charge in [-0.3, -0.25) is 0 Å². The molecule has 0 aromatic carbocycles. The van der Waals surface area contributed by atoms with E-state index in [1.54, 1.807) is 6.92 Å². The Labute approximate surface area is 106 Å². The molecule has 2 atom stereocenters. The first-order valence-corrected chi connectivity index (χ1v) is 8.83. The van der Waals surface area contributed by atoms with Gasteiger partial charge in [0.05, 0.1) is 5.75 Å². The van der Waals surface area contributed by atoms with E-state index in [0.29, 0.717) is 17.7 Å². The number of sulfone groups is 1. The van der Waals surface area contributed by atoms with Gasteiger partial charge in [-0.25, -0.2) is 8.42 Å². The van der Waals surface area contributed by atoms with Crippen LogP contribution in [0, 0.1) is 5.92 Å². The highest BCUT2D eigenvalue weighted by molar-refractivity contribution is 7.91. The first kappa shape index (κ1) is 15.0. The van der Waals surface area contributed by atoms with E-state index < -0.39 is 9.84 Å². The van der Waals surface area contributed by atoms with Crippen LogP contribution in [0.5, 0.6) is 0 Å². The smallest absolute Gasteiger partial charge is 0.150 e. The predicted molar refractivity (Wildman–Crippen MR) is 73.0 cm³/mol. The lowest BCUT2D eigenvalue weighted by atomic mass is 9.95. The Morgan fingerprint density at radius 2 is 1.88 bits per heavy atom. The summed E-state index contributed by atoms with van der Waals surface area (Å²) in [6, 6.07) is 0.608. The number of nitrogens with one attached hydrogen (secondary N) is 1. The first-order valence-electron chi connectivity index (χ1n) is 7.01. The summed E-state index contributed by atoms with van der Waals surface area (Å²) in [5, 5.41) is 3.52. The van der Waals surface area contributed by atoms with Gasteiger partial charge in [0.25, 0.3) is 0 Å². The Morgan fingerprint density at radius 3 is 2.53 bits per heavy atom. The van der Waals surface area contributed by atoms with Crippen molar-refractivity contribution in [2.24, 2.45) is 5.92 Å². The molecule has 17 heavy (non-hydrogen) atoms. The number of hydrogen-bond acceptors (Lipinski definition) is 3. The highest BCUT2D eigenvalue weighted by Gasteiger charge is 2.21. The third kappa shape index (κ3) is 5.87. The minimum Gasteiger partial charge on any atom is -0.314 e. The van der Waals surface area contributed by atoms with Gasteiger partial charge in [0.1, 0.15) is 9.84 Å². The molecule has 0 spiro atoms. The summed E-state index contributed by atoms with van der Waals surface area (Å²) in [5.41, 5.74) is 0. The summed E-state index contributed by atoms with van der Waals surface area (Å²) in [6.45, 7) is 4.90. The van der Waals surface area contributed by atoms with Crippen molar-refractivity contribution in [3.8, 4) is 0 Å². The quantitative estimate of drug-likeness (QED) is 0.747. The van der Waals surface area contributed by atoms with Crippen LogP contribution in [0.1, 0.15) is 52.4 Å². The Bertz CT molecular complexity index is 301. The van der Waals surface area contributed by atoms with Crippen molar-refractivity contribution in [3.05, 3.63) is 0 Å². The Hall–Kier alpha value is -0.0900. The van der Waals surface area contributed by atoms with E-state index in [1.165, 1.54) is 25.7 Å². The number of hydrogen-bond donors (Lipinski definition) is 1. The van der Waals surface area contributed by atoms with Crippen LogP contribution in [0.4, 0.5) is 0 Å². The van der Waals surface area contributed by atoms with Crippen molar-refractivity contribution in [1.82, 2.24) is 5.32 Å². The van der Waals surface area contributed by atoms with E-state index in [9.17, 15) is 8.42 Å². The zero-order valence-corrected chi connectivity index (χ0v) is 12.1. The molecule has 1 aliphatic rings. The van der Waals surface area contributed by atoms with E-state index in [-0.39, 0.29) is 5.75 Å². The van der Waals surface area contributed by atoms with Crippen LogP contribution >= 0.6 is 0 Å². The summed E-state index contributed by atoms with van der Waals surface area (Å²) < 4.78 is 23.0. The summed E-state index contributed by atoms with van der Waals surface area (Å²) >= 11 is 0. The molecule has 0 heterocycles. The molecule has 0 aromatic rings. The molecule has 1 saturated carbocycles. The van der Waals surface area contributed by atoms with E-state index in [4.69, 9.17) is 0 Å². The second-order valence-electron chi connectivity index (χ2n) is 5.17. The molecule has 0 aliphatic heterocycles. The van der Waals surface area contributed by atoms with E-state index >= 15 is 0 Å². The average molecular weight is 261 g/mol. The lowest BCUT2D eigenvalue weighted by molar-refractivity contribution is 0.382. The molecule has 1 N–H and O–H groups in total. The van der Waals surface area contributed by atoms with Gasteiger partial charge in [0.2, 0.25) is 0 Å². The monoisotopic (exact) mass is 261 g/mol. The Balaban J connectivity index is 2.41. The molecular weight excluding hydrogens is 234 g/mol. The Kier molecular flexibility index (Phi) is 6.49. The van der Waals surface area contributed by atoms with Crippen molar-refractivity contribution in [2.75, 3.05) is 18.1 Å². The molecule has 1 fully saturated rings. The van der Waals surface area contributed by atoms with E-state index in [1.807, 2.05) is 0 Å². The number of rotatable bonds is 6. The minimum atomic E-state index is -2.78. The molecule has 3 nitrogen and oxygen atoms in total. The normalized spacial score (nSPS) is 26.7. The highest BCUT2D eigenvalue weighted by atomic mass is 32.2. The van der Waals surface area contributed by atoms with Crippen LogP contribution < -0.4 is 5.32 Å². The molecule has 0 bridgehead atoms. The lowest BCUT2D eigenvalue weighted by Gasteiger charge is -2.20. The topological polar surface area (TPSA) is 46.2 Å². The van der Waals surface area contributed by atoms with Crippen molar-refractivity contribution in [3.63, 3.8) is 0 Å². The van der Waals surface area contributed by atoms with Crippen molar-refractivity contribution >= 4 is 9.84 Å². The maximum atomic E-state index is 11.5. The largest absolute Gasteiger partial charge is 0.314 e. The molecule has 0 radical (unpaired) electrons. The molecule has 2 unspecified atom stereocenters. The fraction of sp³-hybridized carbons (Fsp3) is 1.00. The van der Waals surface area contributed by atoms with Gasteiger partial charge in [-0.1, -0.05) is 33.1 Å². The Morgan fingerprint density at radius 1 is 1.18 bits per heavy atom.